The van der Waals surface area contributed by atoms with Gasteiger partial charge in [0.25, 0.3) is 0 Å². The topological polar surface area (TPSA) is 57.5 Å². The molecule has 0 radical (unpaired) electrons. The fourth-order valence-corrected chi connectivity index (χ4v) is 1.56. The zero-order valence-electron chi connectivity index (χ0n) is 8.97. The summed E-state index contributed by atoms with van der Waals surface area (Å²) >= 11 is 0. The second kappa shape index (κ2) is 5.10. The van der Waals surface area contributed by atoms with Crippen molar-refractivity contribution in [1.29, 1.82) is 0 Å². The number of rotatable bonds is 4. The van der Waals surface area contributed by atoms with Gasteiger partial charge in [-0.1, -0.05) is 26.0 Å². The number of hydrogen-bond acceptors (Lipinski definition) is 3. The highest BCUT2D eigenvalue weighted by atomic mass is 16.4. The maximum Gasteiger partial charge on any atom is 0.489 e. The van der Waals surface area contributed by atoms with Crippen LogP contribution in [0.3, 0.4) is 0 Å². The second-order valence-electron chi connectivity index (χ2n) is 4.05. The van der Waals surface area contributed by atoms with Crippen molar-refractivity contribution in [3.8, 4) is 0 Å². The van der Waals surface area contributed by atoms with Crippen LogP contribution in [-0.2, 0) is 6.42 Å². The van der Waals surface area contributed by atoms with Gasteiger partial charge in [-0.05, 0) is 29.4 Å². The van der Waals surface area contributed by atoms with Gasteiger partial charge in [-0.2, -0.15) is 0 Å². The minimum atomic E-state index is -1.58. The van der Waals surface area contributed by atoms with Crippen molar-refractivity contribution in [2.75, 3.05) is 0 Å². The van der Waals surface area contributed by atoms with Crippen LogP contribution in [0.1, 0.15) is 29.8 Å². The summed E-state index contributed by atoms with van der Waals surface area (Å²) in [5, 5.41) is 18.0. The fraction of sp³-hybridized carbons (Fsp3) is 0.364. The monoisotopic (exact) mass is 206 g/mol. The van der Waals surface area contributed by atoms with Crippen LogP contribution in [-0.4, -0.2) is 23.5 Å². The lowest BCUT2D eigenvalue weighted by Gasteiger charge is -2.08. The van der Waals surface area contributed by atoms with E-state index in [0.29, 0.717) is 17.8 Å². The molecule has 1 rings (SSSR count). The second-order valence-corrected chi connectivity index (χ2v) is 4.05. The lowest BCUT2D eigenvalue weighted by molar-refractivity contribution is 0.112. The van der Waals surface area contributed by atoms with Gasteiger partial charge in [0, 0.05) is 5.56 Å². The Morgan fingerprint density at radius 2 is 2.07 bits per heavy atom. The Balaban J connectivity index is 3.02. The summed E-state index contributed by atoms with van der Waals surface area (Å²) in [5.41, 5.74) is 1.65. The third kappa shape index (κ3) is 3.18. The molecule has 0 aliphatic heterocycles. The average Bonchev–Trinajstić information content (AvgIpc) is 2.16. The summed E-state index contributed by atoms with van der Waals surface area (Å²) < 4.78 is 0. The van der Waals surface area contributed by atoms with E-state index in [9.17, 15) is 4.79 Å². The van der Waals surface area contributed by atoms with Gasteiger partial charge in [-0.25, -0.2) is 0 Å². The van der Waals surface area contributed by atoms with E-state index in [1.54, 1.807) is 12.1 Å². The summed E-state index contributed by atoms with van der Waals surface area (Å²) in [5.74, 6) is 0.509. The fourth-order valence-electron chi connectivity index (χ4n) is 1.56. The van der Waals surface area contributed by atoms with Crippen molar-refractivity contribution in [3.05, 3.63) is 29.3 Å². The van der Waals surface area contributed by atoms with E-state index in [0.717, 1.165) is 12.0 Å². The molecule has 0 saturated heterocycles. The number of benzene rings is 1. The van der Waals surface area contributed by atoms with Crippen molar-refractivity contribution in [3.63, 3.8) is 0 Å². The Labute approximate surface area is 89.9 Å². The minimum Gasteiger partial charge on any atom is -0.423 e. The van der Waals surface area contributed by atoms with Crippen LogP contribution in [0.15, 0.2) is 18.2 Å². The number of aldehydes is 1. The molecule has 15 heavy (non-hydrogen) atoms. The largest absolute Gasteiger partial charge is 0.489 e. The van der Waals surface area contributed by atoms with E-state index >= 15 is 0 Å². The van der Waals surface area contributed by atoms with Crippen molar-refractivity contribution >= 4 is 18.9 Å². The minimum absolute atomic E-state index is 0.262. The molecule has 1 aromatic carbocycles. The first-order valence-corrected chi connectivity index (χ1v) is 4.98. The molecule has 0 saturated carbocycles. The maximum atomic E-state index is 10.7. The molecule has 0 amide bonds. The highest BCUT2D eigenvalue weighted by Crippen LogP contribution is 2.08. The third-order valence-electron chi connectivity index (χ3n) is 2.20. The van der Waals surface area contributed by atoms with Gasteiger partial charge in [0.2, 0.25) is 0 Å². The van der Waals surface area contributed by atoms with Crippen LogP contribution in [0.2, 0.25) is 0 Å². The van der Waals surface area contributed by atoms with Crippen LogP contribution < -0.4 is 5.46 Å². The summed E-state index contributed by atoms with van der Waals surface area (Å²) in [4.78, 5) is 10.7. The molecule has 4 heteroatoms. The Bertz CT molecular complexity index is 348. The number of carbonyl (C=O) groups excluding carboxylic acids is 1. The smallest absolute Gasteiger partial charge is 0.423 e. The highest BCUT2D eigenvalue weighted by Gasteiger charge is 2.15. The van der Waals surface area contributed by atoms with Crippen molar-refractivity contribution < 1.29 is 14.8 Å². The number of carbonyl (C=O) groups is 1. The van der Waals surface area contributed by atoms with Crippen LogP contribution in [0.4, 0.5) is 0 Å². The Morgan fingerprint density at radius 1 is 1.40 bits per heavy atom. The van der Waals surface area contributed by atoms with E-state index in [-0.39, 0.29) is 5.46 Å². The summed E-state index contributed by atoms with van der Waals surface area (Å²) in [6.45, 7) is 4.19. The normalized spacial score (nSPS) is 10.5. The lowest BCUT2D eigenvalue weighted by atomic mass is 9.76. The zero-order valence-corrected chi connectivity index (χ0v) is 8.97. The van der Waals surface area contributed by atoms with Gasteiger partial charge in [0.05, 0.1) is 0 Å². The molecule has 3 nitrogen and oxygen atoms in total. The lowest BCUT2D eigenvalue weighted by Crippen LogP contribution is -2.33. The van der Waals surface area contributed by atoms with Gasteiger partial charge >= 0.3 is 7.12 Å². The molecule has 0 fully saturated rings. The summed E-state index contributed by atoms with van der Waals surface area (Å²) in [6.07, 6.45) is 1.53. The predicted molar refractivity (Wildman–Crippen MR) is 60.2 cm³/mol. The molecule has 80 valence electrons. The molecule has 0 aromatic heterocycles. The Morgan fingerprint density at radius 3 is 2.53 bits per heavy atom. The summed E-state index contributed by atoms with van der Waals surface area (Å²) in [7, 11) is -1.58. The van der Waals surface area contributed by atoms with Crippen molar-refractivity contribution in [1.82, 2.24) is 0 Å². The highest BCUT2D eigenvalue weighted by molar-refractivity contribution is 6.60. The van der Waals surface area contributed by atoms with Crippen LogP contribution in [0, 0.1) is 5.92 Å². The third-order valence-corrected chi connectivity index (χ3v) is 2.20. The van der Waals surface area contributed by atoms with Gasteiger partial charge in [-0.3, -0.25) is 4.79 Å². The Hall–Kier alpha value is -1.13. The van der Waals surface area contributed by atoms with E-state index < -0.39 is 7.12 Å². The first-order valence-electron chi connectivity index (χ1n) is 4.98. The van der Waals surface area contributed by atoms with E-state index in [4.69, 9.17) is 10.0 Å². The molecule has 1 aromatic rings. The van der Waals surface area contributed by atoms with E-state index in [2.05, 4.69) is 13.8 Å². The molecule has 0 atom stereocenters. The van der Waals surface area contributed by atoms with Gasteiger partial charge in [0.1, 0.15) is 6.29 Å². The quantitative estimate of drug-likeness (QED) is 0.553. The van der Waals surface area contributed by atoms with Crippen LogP contribution >= 0.6 is 0 Å². The number of hydrogen-bond donors (Lipinski definition) is 2. The average molecular weight is 206 g/mol. The van der Waals surface area contributed by atoms with Crippen molar-refractivity contribution in [2.45, 2.75) is 20.3 Å². The zero-order chi connectivity index (χ0) is 11.4. The van der Waals surface area contributed by atoms with E-state index in [1.807, 2.05) is 6.07 Å². The molecule has 0 spiro atoms. The molecule has 0 unspecified atom stereocenters. The predicted octanol–water partition coefficient (Wildman–Crippen LogP) is 0.377. The SMILES string of the molecule is CC(C)Cc1ccc(B(O)O)c(C=O)c1. The molecule has 2 N–H and O–H groups in total. The maximum absolute atomic E-state index is 10.7. The molecule has 0 aliphatic rings. The Kier molecular flexibility index (Phi) is 4.06. The molecule has 0 heterocycles. The van der Waals surface area contributed by atoms with Crippen LogP contribution in [0.25, 0.3) is 0 Å². The van der Waals surface area contributed by atoms with Crippen molar-refractivity contribution in [2.24, 2.45) is 5.92 Å². The molecule has 0 aliphatic carbocycles. The standard InChI is InChI=1S/C11H15BO3/c1-8(2)5-9-3-4-11(12(14)15)10(6-9)7-13/h3-4,6-8,14-15H,5H2,1-2H3. The first-order chi connectivity index (χ1) is 7.04. The first kappa shape index (κ1) is 11.9. The summed E-state index contributed by atoms with van der Waals surface area (Å²) in [6, 6.07) is 5.12. The molecular formula is C11H15BO3. The van der Waals surface area contributed by atoms with E-state index in [1.165, 1.54) is 0 Å². The van der Waals surface area contributed by atoms with Crippen LogP contribution in [0.5, 0.6) is 0 Å². The molecular weight excluding hydrogens is 191 g/mol. The molecule has 0 bridgehead atoms. The van der Waals surface area contributed by atoms with Gasteiger partial charge < -0.3 is 10.0 Å². The van der Waals surface area contributed by atoms with Gasteiger partial charge in [0.15, 0.2) is 0 Å². The van der Waals surface area contributed by atoms with Gasteiger partial charge in [-0.15, -0.1) is 0 Å².